The number of nitrogens with zero attached hydrogens (tertiary/aromatic N) is 4. The van der Waals surface area contributed by atoms with Crippen LogP contribution >= 0.6 is 0 Å². The van der Waals surface area contributed by atoms with Crippen LogP contribution in [0.15, 0.2) is 63.3 Å². The number of aromatic nitrogens is 2. The summed E-state index contributed by atoms with van der Waals surface area (Å²) < 4.78 is 24.7. The van der Waals surface area contributed by atoms with E-state index >= 15 is 0 Å². The van der Waals surface area contributed by atoms with Crippen LogP contribution in [0.5, 0.6) is 5.75 Å². The summed E-state index contributed by atoms with van der Waals surface area (Å²) in [4.78, 5) is 4.15. The Hall–Kier alpha value is -3.75. The van der Waals surface area contributed by atoms with Crippen molar-refractivity contribution in [3.05, 3.63) is 65.8 Å². The van der Waals surface area contributed by atoms with Gasteiger partial charge in [-0.15, -0.1) is 5.10 Å². The van der Waals surface area contributed by atoms with Gasteiger partial charge in [-0.3, -0.25) is 0 Å². The van der Waals surface area contributed by atoms with Gasteiger partial charge >= 0.3 is 0 Å². The summed E-state index contributed by atoms with van der Waals surface area (Å²) >= 11 is 0. The molecule has 0 amide bonds. The number of rotatable bonds is 6. The van der Waals surface area contributed by atoms with Gasteiger partial charge in [-0.1, -0.05) is 29.4 Å². The lowest BCUT2D eigenvalue weighted by Gasteiger charge is -2.01. The third-order valence-corrected chi connectivity index (χ3v) is 3.18. The second-order valence-electron chi connectivity index (χ2n) is 5.12. The van der Waals surface area contributed by atoms with Crippen molar-refractivity contribution in [1.82, 2.24) is 10.1 Å². The maximum atomic E-state index is 14.1. The average molecular weight is 354 g/mol. The van der Waals surface area contributed by atoms with Crippen LogP contribution < -0.4 is 16.2 Å². The van der Waals surface area contributed by atoms with E-state index in [-0.39, 0.29) is 29.8 Å². The number of hydrogen-bond donors (Lipinski definition) is 2. The van der Waals surface area contributed by atoms with Crippen molar-refractivity contribution in [2.24, 2.45) is 21.7 Å². The number of halogens is 1. The summed E-state index contributed by atoms with van der Waals surface area (Å²) in [5.41, 5.74) is 11.1. The molecule has 0 atom stereocenters. The number of guanidine groups is 1. The predicted molar refractivity (Wildman–Crippen MR) is 93.9 cm³/mol. The summed E-state index contributed by atoms with van der Waals surface area (Å²) in [7, 11) is 0. The summed E-state index contributed by atoms with van der Waals surface area (Å²) in [5, 5.41) is 11.0. The molecule has 3 rings (SSSR count). The van der Waals surface area contributed by atoms with E-state index in [2.05, 4.69) is 20.3 Å². The first-order valence-corrected chi connectivity index (χ1v) is 7.54. The standard InChI is InChI=1S/C17H15FN6O2/c18-14-7-6-11(9-21-23-17(19)20)8-13(14)16-22-15(26-24-16)10-25-12-4-2-1-3-5-12/h1-9H,10H2,(H4,19,20,23). The number of hydrogen-bond acceptors (Lipinski definition) is 6. The molecule has 0 saturated carbocycles. The largest absolute Gasteiger partial charge is 0.484 e. The van der Waals surface area contributed by atoms with E-state index < -0.39 is 5.82 Å². The van der Waals surface area contributed by atoms with E-state index in [1.165, 1.54) is 24.4 Å². The third kappa shape index (κ3) is 4.41. The number of ether oxygens (including phenoxy) is 1. The molecule has 26 heavy (non-hydrogen) atoms. The van der Waals surface area contributed by atoms with Crippen LogP contribution in [0, 0.1) is 5.82 Å². The van der Waals surface area contributed by atoms with Crippen LogP contribution in [-0.4, -0.2) is 22.3 Å². The fourth-order valence-electron chi connectivity index (χ4n) is 2.04. The second kappa shape index (κ2) is 7.88. The van der Waals surface area contributed by atoms with Gasteiger partial charge in [0.15, 0.2) is 6.61 Å². The Morgan fingerprint density at radius 3 is 2.77 bits per heavy atom. The van der Waals surface area contributed by atoms with E-state index in [0.29, 0.717) is 11.3 Å². The van der Waals surface area contributed by atoms with Crippen LogP contribution in [0.25, 0.3) is 11.4 Å². The van der Waals surface area contributed by atoms with Crippen LogP contribution in [0.3, 0.4) is 0 Å². The minimum atomic E-state index is -0.500. The molecule has 1 aromatic heterocycles. The maximum Gasteiger partial charge on any atom is 0.264 e. The molecule has 2 aromatic carbocycles. The van der Waals surface area contributed by atoms with Gasteiger partial charge in [-0.25, -0.2) is 4.39 Å². The molecule has 0 unspecified atom stereocenters. The van der Waals surface area contributed by atoms with Crippen molar-refractivity contribution in [3.63, 3.8) is 0 Å². The van der Waals surface area contributed by atoms with E-state index in [4.69, 9.17) is 20.7 Å². The van der Waals surface area contributed by atoms with E-state index in [0.717, 1.165) is 0 Å². The molecule has 0 aliphatic rings. The summed E-state index contributed by atoms with van der Waals surface area (Å²) in [6, 6.07) is 13.5. The fourth-order valence-corrected chi connectivity index (χ4v) is 2.04. The van der Waals surface area contributed by atoms with Gasteiger partial charge < -0.3 is 20.7 Å². The minimum absolute atomic E-state index is 0.0737. The highest BCUT2D eigenvalue weighted by atomic mass is 19.1. The quantitative estimate of drug-likeness (QED) is 0.396. The predicted octanol–water partition coefficient (Wildman–Crippen LogP) is 2.06. The summed E-state index contributed by atoms with van der Waals surface area (Å²) in [6.07, 6.45) is 1.38. The van der Waals surface area contributed by atoms with Gasteiger partial charge in [0.1, 0.15) is 11.6 Å². The highest BCUT2D eigenvalue weighted by Gasteiger charge is 2.14. The molecule has 0 saturated heterocycles. The highest BCUT2D eigenvalue weighted by molar-refractivity contribution is 5.83. The third-order valence-electron chi connectivity index (χ3n) is 3.18. The normalized spacial score (nSPS) is 10.8. The molecular weight excluding hydrogens is 339 g/mol. The van der Waals surface area contributed by atoms with Crippen LogP contribution in [0.2, 0.25) is 0 Å². The molecule has 8 nitrogen and oxygen atoms in total. The molecule has 3 aromatic rings. The summed E-state index contributed by atoms with van der Waals surface area (Å²) in [6.45, 7) is 0.0737. The molecule has 9 heteroatoms. The van der Waals surface area contributed by atoms with Crippen molar-refractivity contribution in [3.8, 4) is 17.1 Å². The Morgan fingerprint density at radius 2 is 2.00 bits per heavy atom. The van der Waals surface area contributed by atoms with Crippen molar-refractivity contribution < 1.29 is 13.7 Å². The smallest absolute Gasteiger partial charge is 0.264 e. The van der Waals surface area contributed by atoms with Crippen LogP contribution in [-0.2, 0) is 6.61 Å². The number of para-hydroxylation sites is 1. The number of benzene rings is 2. The molecule has 0 radical (unpaired) electrons. The zero-order chi connectivity index (χ0) is 18.4. The van der Waals surface area contributed by atoms with Crippen molar-refractivity contribution in [2.75, 3.05) is 0 Å². The molecule has 4 N–H and O–H groups in total. The highest BCUT2D eigenvalue weighted by Crippen LogP contribution is 2.21. The first kappa shape index (κ1) is 17.1. The van der Waals surface area contributed by atoms with E-state index in [1.807, 2.05) is 18.2 Å². The molecule has 0 aliphatic carbocycles. The fraction of sp³-hybridized carbons (Fsp3) is 0.0588. The SMILES string of the molecule is NC(N)=NN=Cc1ccc(F)c(-c2noc(COc3ccccc3)n2)c1. The van der Waals surface area contributed by atoms with E-state index in [9.17, 15) is 4.39 Å². The zero-order valence-electron chi connectivity index (χ0n) is 13.5. The Balaban J connectivity index is 1.75. The maximum absolute atomic E-state index is 14.1. The first-order valence-electron chi connectivity index (χ1n) is 7.54. The second-order valence-corrected chi connectivity index (χ2v) is 5.12. The van der Waals surface area contributed by atoms with Gasteiger partial charge in [-0.05, 0) is 29.8 Å². The first-order chi connectivity index (χ1) is 12.6. The minimum Gasteiger partial charge on any atom is -0.484 e. The lowest BCUT2D eigenvalue weighted by atomic mass is 10.1. The topological polar surface area (TPSA) is 125 Å². The molecular formula is C17H15FN6O2. The van der Waals surface area contributed by atoms with Gasteiger partial charge in [0.25, 0.3) is 5.89 Å². The lowest BCUT2D eigenvalue weighted by molar-refractivity contribution is 0.243. The molecule has 1 heterocycles. The molecule has 0 bridgehead atoms. The van der Waals surface area contributed by atoms with Gasteiger partial charge in [0, 0.05) is 0 Å². The Kier molecular flexibility index (Phi) is 5.18. The summed E-state index contributed by atoms with van der Waals surface area (Å²) in [5.74, 6) is 0.315. The molecule has 132 valence electrons. The molecule has 0 aliphatic heterocycles. The van der Waals surface area contributed by atoms with E-state index in [1.54, 1.807) is 12.1 Å². The number of nitrogens with two attached hydrogens (primary N) is 2. The van der Waals surface area contributed by atoms with Crippen LogP contribution in [0.1, 0.15) is 11.5 Å². The van der Waals surface area contributed by atoms with Gasteiger partial charge in [0.05, 0.1) is 11.8 Å². The van der Waals surface area contributed by atoms with Crippen molar-refractivity contribution in [1.29, 1.82) is 0 Å². The van der Waals surface area contributed by atoms with Crippen molar-refractivity contribution in [2.45, 2.75) is 6.61 Å². The van der Waals surface area contributed by atoms with Crippen LogP contribution in [0.4, 0.5) is 4.39 Å². The Bertz CT molecular complexity index is 935. The van der Waals surface area contributed by atoms with Crippen molar-refractivity contribution >= 4 is 12.2 Å². The lowest BCUT2D eigenvalue weighted by Crippen LogP contribution is -2.21. The van der Waals surface area contributed by atoms with Gasteiger partial charge in [0.2, 0.25) is 11.8 Å². The molecule has 0 spiro atoms. The monoisotopic (exact) mass is 354 g/mol. The zero-order valence-corrected chi connectivity index (χ0v) is 13.5. The Morgan fingerprint density at radius 1 is 1.19 bits per heavy atom. The molecule has 0 fully saturated rings. The Labute approximate surface area is 148 Å². The van der Waals surface area contributed by atoms with Gasteiger partial charge in [-0.2, -0.15) is 10.1 Å². The average Bonchev–Trinajstić information content (AvgIpc) is 3.11.